The first kappa shape index (κ1) is 11.6. The molecule has 0 amide bonds. The Morgan fingerprint density at radius 2 is 2.05 bits per heavy atom. The molecule has 6 heteroatoms. The van der Waals surface area contributed by atoms with E-state index in [1.807, 2.05) is 6.92 Å². The Morgan fingerprint density at radius 1 is 1.26 bits per heavy atom. The molecule has 5 nitrogen and oxygen atoms in total. The molecule has 3 aromatic heterocycles. The molecule has 3 N–H and O–H groups in total. The molecule has 0 fully saturated rings. The molecular weight excluding hydrogens is 245 g/mol. The number of aryl methyl sites for hydroxylation is 2. The van der Waals surface area contributed by atoms with Crippen molar-refractivity contribution in [2.45, 2.75) is 13.8 Å². The molecule has 3 rings (SSSR count). The van der Waals surface area contributed by atoms with Crippen LogP contribution >= 0.6 is 0 Å². The molecule has 96 valence electrons. The van der Waals surface area contributed by atoms with Crippen LogP contribution in [0, 0.1) is 19.7 Å². The fourth-order valence-electron chi connectivity index (χ4n) is 2.20. The van der Waals surface area contributed by atoms with Gasteiger partial charge in [-0.25, -0.2) is 14.4 Å². The minimum Gasteiger partial charge on any atom is -0.383 e. The highest BCUT2D eigenvalue weighted by Crippen LogP contribution is 2.31. The van der Waals surface area contributed by atoms with Gasteiger partial charge in [-0.2, -0.15) is 0 Å². The normalized spacial score (nSPS) is 11.1. The molecule has 0 aliphatic carbocycles. The maximum absolute atomic E-state index is 13.8. The Morgan fingerprint density at radius 3 is 2.79 bits per heavy atom. The van der Waals surface area contributed by atoms with Crippen molar-refractivity contribution < 1.29 is 4.39 Å². The smallest absolute Gasteiger partial charge is 0.151 e. The van der Waals surface area contributed by atoms with E-state index in [4.69, 9.17) is 5.73 Å². The zero-order valence-corrected chi connectivity index (χ0v) is 10.5. The molecule has 0 unspecified atom stereocenters. The van der Waals surface area contributed by atoms with Crippen LogP contribution in [0.5, 0.6) is 0 Å². The summed E-state index contributed by atoms with van der Waals surface area (Å²) in [6, 6.07) is 2.92. The lowest BCUT2D eigenvalue weighted by molar-refractivity contribution is 0.625. The number of nitrogen functional groups attached to an aromatic ring is 1. The predicted molar refractivity (Wildman–Crippen MR) is 71.0 cm³/mol. The van der Waals surface area contributed by atoms with Crippen molar-refractivity contribution in [3.8, 4) is 11.4 Å². The molecule has 3 aromatic rings. The first-order valence-corrected chi connectivity index (χ1v) is 5.81. The van der Waals surface area contributed by atoms with Crippen molar-refractivity contribution in [1.29, 1.82) is 0 Å². The van der Waals surface area contributed by atoms with Gasteiger partial charge >= 0.3 is 0 Å². The van der Waals surface area contributed by atoms with Crippen LogP contribution in [0.1, 0.15) is 11.4 Å². The van der Waals surface area contributed by atoms with Crippen molar-refractivity contribution in [1.82, 2.24) is 19.9 Å². The first-order valence-electron chi connectivity index (χ1n) is 5.81. The Balaban J connectivity index is 2.35. The maximum atomic E-state index is 13.8. The third kappa shape index (κ3) is 1.72. The van der Waals surface area contributed by atoms with Crippen molar-refractivity contribution in [2.75, 3.05) is 5.73 Å². The van der Waals surface area contributed by atoms with E-state index in [1.54, 1.807) is 19.2 Å². The van der Waals surface area contributed by atoms with E-state index in [1.165, 1.54) is 6.07 Å². The summed E-state index contributed by atoms with van der Waals surface area (Å²) in [7, 11) is 0. The Hall–Kier alpha value is -2.50. The molecule has 0 bridgehead atoms. The molecular formula is C13H12FN5. The summed E-state index contributed by atoms with van der Waals surface area (Å²) in [5, 5.41) is 0.714. The standard InChI is InChI=1S/C13H12FN5/c1-6-9-12(15)17-7(2)18-13(9)19-10(6)11-8(14)4-3-5-16-11/h3-5H,1-2H3,(H3,15,17,18,19). The molecule has 0 aliphatic rings. The summed E-state index contributed by atoms with van der Waals surface area (Å²) >= 11 is 0. The molecule has 0 radical (unpaired) electrons. The van der Waals surface area contributed by atoms with Crippen LogP contribution < -0.4 is 5.73 Å². The van der Waals surface area contributed by atoms with Crippen molar-refractivity contribution in [3.05, 3.63) is 35.5 Å². The van der Waals surface area contributed by atoms with E-state index in [2.05, 4.69) is 19.9 Å². The number of hydrogen-bond acceptors (Lipinski definition) is 4. The summed E-state index contributed by atoms with van der Waals surface area (Å²) < 4.78 is 13.8. The van der Waals surface area contributed by atoms with E-state index in [9.17, 15) is 4.39 Å². The fourth-order valence-corrected chi connectivity index (χ4v) is 2.20. The molecule has 0 saturated carbocycles. The van der Waals surface area contributed by atoms with Gasteiger partial charge in [0.15, 0.2) is 5.82 Å². The number of aromatic amines is 1. The van der Waals surface area contributed by atoms with Gasteiger partial charge in [-0.15, -0.1) is 0 Å². The molecule has 0 aliphatic heterocycles. The summed E-state index contributed by atoms with van der Waals surface area (Å²) in [5.41, 5.74) is 8.14. The van der Waals surface area contributed by atoms with Gasteiger partial charge in [-0.3, -0.25) is 4.98 Å². The highest BCUT2D eigenvalue weighted by molar-refractivity contribution is 5.94. The predicted octanol–water partition coefficient (Wildman–Crippen LogP) is 2.36. The number of aromatic nitrogens is 4. The number of rotatable bonds is 1. The van der Waals surface area contributed by atoms with Gasteiger partial charge in [0.1, 0.15) is 23.0 Å². The first-order chi connectivity index (χ1) is 9.08. The number of anilines is 1. The molecule has 0 spiro atoms. The van der Waals surface area contributed by atoms with Crippen molar-refractivity contribution in [2.24, 2.45) is 0 Å². The lowest BCUT2D eigenvalue weighted by atomic mass is 10.1. The van der Waals surface area contributed by atoms with E-state index in [0.717, 1.165) is 5.56 Å². The number of hydrogen-bond donors (Lipinski definition) is 2. The SMILES string of the molecule is Cc1nc(N)c2c(C)c(-c3ncccc3F)[nH]c2n1. The summed E-state index contributed by atoms with van der Waals surface area (Å²) in [5.74, 6) is 0.568. The lowest BCUT2D eigenvalue weighted by Crippen LogP contribution is -1.96. The van der Waals surface area contributed by atoms with Gasteiger partial charge in [0, 0.05) is 6.20 Å². The number of nitrogens with zero attached hydrogens (tertiary/aromatic N) is 3. The van der Waals surface area contributed by atoms with Crippen LogP contribution in [0.25, 0.3) is 22.4 Å². The summed E-state index contributed by atoms with van der Waals surface area (Å²) in [4.78, 5) is 15.5. The monoisotopic (exact) mass is 257 g/mol. The zero-order valence-electron chi connectivity index (χ0n) is 10.5. The van der Waals surface area contributed by atoms with Gasteiger partial charge in [-0.1, -0.05) is 0 Å². The zero-order chi connectivity index (χ0) is 13.6. The molecule has 0 saturated heterocycles. The van der Waals surface area contributed by atoms with Crippen LogP contribution in [0.3, 0.4) is 0 Å². The summed E-state index contributed by atoms with van der Waals surface area (Å²) in [6.45, 7) is 3.60. The Kier molecular flexibility index (Phi) is 2.45. The third-order valence-electron chi connectivity index (χ3n) is 3.04. The molecule has 0 aromatic carbocycles. The van der Waals surface area contributed by atoms with Gasteiger partial charge in [0.05, 0.1) is 11.1 Å². The van der Waals surface area contributed by atoms with Crippen LogP contribution in [0.15, 0.2) is 18.3 Å². The number of fused-ring (bicyclic) bond motifs is 1. The van der Waals surface area contributed by atoms with Crippen molar-refractivity contribution >= 4 is 16.9 Å². The molecule has 19 heavy (non-hydrogen) atoms. The van der Waals surface area contributed by atoms with E-state index in [-0.39, 0.29) is 11.5 Å². The lowest BCUT2D eigenvalue weighted by Gasteiger charge is -2.00. The summed E-state index contributed by atoms with van der Waals surface area (Å²) in [6.07, 6.45) is 1.55. The minimum atomic E-state index is -0.389. The van der Waals surface area contributed by atoms with Crippen LogP contribution in [-0.4, -0.2) is 19.9 Å². The number of H-pyrrole nitrogens is 1. The van der Waals surface area contributed by atoms with Gasteiger partial charge in [0.25, 0.3) is 0 Å². The van der Waals surface area contributed by atoms with E-state index >= 15 is 0 Å². The quantitative estimate of drug-likeness (QED) is 0.701. The molecule has 0 atom stereocenters. The third-order valence-corrected chi connectivity index (χ3v) is 3.04. The number of nitrogens with two attached hydrogens (primary N) is 1. The second-order valence-corrected chi connectivity index (χ2v) is 4.34. The number of pyridine rings is 1. The fraction of sp³-hybridized carbons (Fsp3) is 0.154. The van der Waals surface area contributed by atoms with Crippen molar-refractivity contribution in [3.63, 3.8) is 0 Å². The Labute approximate surface area is 108 Å². The number of nitrogens with one attached hydrogen (secondary N) is 1. The Bertz CT molecular complexity index is 778. The number of halogens is 1. The van der Waals surface area contributed by atoms with Gasteiger partial charge < -0.3 is 10.7 Å². The van der Waals surface area contributed by atoms with Crippen LogP contribution in [-0.2, 0) is 0 Å². The van der Waals surface area contributed by atoms with Gasteiger partial charge in [-0.05, 0) is 31.5 Å². The van der Waals surface area contributed by atoms with E-state index in [0.29, 0.717) is 28.4 Å². The average molecular weight is 257 g/mol. The second-order valence-electron chi connectivity index (χ2n) is 4.34. The largest absolute Gasteiger partial charge is 0.383 e. The van der Waals surface area contributed by atoms with Gasteiger partial charge in [0.2, 0.25) is 0 Å². The van der Waals surface area contributed by atoms with E-state index < -0.39 is 0 Å². The second kappa shape index (κ2) is 4.01. The van der Waals surface area contributed by atoms with Crippen LogP contribution in [0.4, 0.5) is 10.2 Å². The maximum Gasteiger partial charge on any atom is 0.151 e. The highest BCUT2D eigenvalue weighted by Gasteiger charge is 2.17. The average Bonchev–Trinajstić information content (AvgIpc) is 2.67. The molecule has 3 heterocycles. The topological polar surface area (TPSA) is 80.5 Å². The minimum absolute atomic E-state index is 0.259. The highest BCUT2D eigenvalue weighted by atomic mass is 19.1. The van der Waals surface area contributed by atoms with Crippen LogP contribution in [0.2, 0.25) is 0 Å².